The number of pyridine rings is 1. The van der Waals surface area contributed by atoms with E-state index < -0.39 is 15.9 Å². The third-order valence-corrected chi connectivity index (χ3v) is 4.87. The number of phenolic OH excluding ortho intramolecular Hbond substituents is 1. The molecule has 3 aromatic rings. The van der Waals surface area contributed by atoms with E-state index in [0.29, 0.717) is 22.3 Å². The first-order chi connectivity index (χ1) is 12.4. The van der Waals surface area contributed by atoms with Crippen LogP contribution in [0.3, 0.4) is 0 Å². The summed E-state index contributed by atoms with van der Waals surface area (Å²) >= 11 is 0. The molecule has 0 radical (unpaired) electrons. The summed E-state index contributed by atoms with van der Waals surface area (Å²) in [6.07, 6.45) is 1.57. The lowest BCUT2D eigenvalue weighted by Gasteiger charge is -2.04. The number of amides is 1. The molecule has 0 aliphatic rings. The van der Waals surface area contributed by atoms with Crippen LogP contribution in [0.2, 0.25) is 0 Å². The molecule has 1 heterocycles. The number of aromatic nitrogens is 1. The van der Waals surface area contributed by atoms with Crippen LogP contribution in [-0.2, 0) is 14.8 Å². The first-order valence-electron chi connectivity index (χ1n) is 7.49. The third-order valence-electron chi connectivity index (χ3n) is 3.42. The van der Waals surface area contributed by atoms with Crippen LogP contribution in [0.25, 0.3) is 10.9 Å². The van der Waals surface area contributed by atoms with Crippen LogP contribution < -0.4 is 4.72 Å². The van der Waals surface area contributed by atoms with Gasteiger partial charge >= 0.3 is 0 Å². The summed E-state index contributed by atoms with van der Waals surface area (Å²) in [6.45, 7) is 1.12. The number of nitrogens with zero attached hydrogens (tertiary/aromatic N) is 3. The minimum Gasteiger partial charge on any atom is -0.506 e. The van der Waals surface area contributed by atoms with Crippen molar-refractivity contribution < 1.29 is 18.3 Å². The van der Waals surface area contributed by atoms with Gasteiger partial charge in [0, 0.05) is 18.5 Å². The molecular weight excluding hydrogens is 356 g/mol. The number of carbonyl (C=O) groups excluding carboxylic acids is 1. The minimum atomic E-state index is -3.88. The topological polar surface area (TPSA) is 121 Å². The highest BCUT2D eigenvalue weighted by molar-refractivity contribution is 7.90. The summed E-state index contributed by atoms with van der Waals surface area (Å²) in [5.41, 5.74) is 1.36. The monoisotopic (exact) mass is 370 g/mol. The number of nitrogens with one attached hydrogen (secondary N) is 1. The van der Waals surface area contributed by atoms with Gasteiger partial charge in [-0.3, -0.25) is 9.78 Å². The van der Waals surface area contributed by atoms with E-state index >= 15 is 0 Å². The number of fused-ring (bicyclic) bond motifs is 1. The average Bonchev–Trinajstić information content (AvgIpc) is 2.61. The molecule has 1 aromatic heterocycles. The van der Waals surface area contributed by atoms with Crippen LogP contribution in [0.5, 0.6) is 5.75 Å². The van der Waals surface area contributed by atoms with E-state index in [-0.39, 0.29) is 10.6 Å². The van der Waals surface area contributed by atoms with E-state index in [1.165, 1.54) is 30.3 Å². The largest absolute Gasteiger partial charge is 0.506 e. The molecule has 26 heavy (non-hydrogen) atoms. The van der Waals surface area contributed by atoms with Gasteiger partial charge in [0.15, 0.2) is 0 Å². The first kappa shape index (κ1) is 17.5. The van der Waals surface area contributed by atoms with E-state index in [4.69, 9.17) is 0 Å². The van der Waals surface area contributed by atoms with Gasteiger partial charge in [-0.2, -0.15) is 5.11 Å². The van der Waals surface area contributed by atoms with Crippen LogP contribution in [0.15, 0.2) is 69.9 Å². The summed E-state index contributed by atoms with van der Waals surface area (Å²) in [7, 11) is -3.88. The molecule has 0 saturated carbocycles. The Morgan fingerprint density at radius 3 is 2.50 bits per heavy atom. The van der Waals surface area contributed by atoms with Crippen molar-refractivity contribution in [2.24, 2.45) is 10.2 Å². The second kappa shape index (κ2) is 6.89. The standard InChI is InChI=1S/C17H14N4O4S/c1-11(22)21-26(24,25)13-6-4-12(5-7-13)19-20-15-8-9-16(23)17-14(15)3-2-10-18-17/h2-10,23H,1H3,(H,21,22). The fourth-order valence-corrected chi connectivity index (χ4v) is 3.27. The molecule has 0 bridgehead atoms. The quantitative estimate of drug-likeness (QED) is 0.683. The van der Waals surface area contributed by atoms with Crippen molar-refractivity contribution in [1.82, 2.24) is 9.71 Å². The molecule has 0 aliphatic carbocycles. The van der Waals surface area contributed by atoms with Gasteiger partial charge in [-0.15, -0.1) is 5.11 Å². The molecular formula is C17H14N4O4S. The van der Waals surface area contributed by atoms with Crippen molar-refractivity contribution in [2.45, 2.75) is 11.8 Å². The number of sulfonamides is 1. The van der Waals surface area contributed by atoms with E-state index in [1.807, 2.05) is 4.72 Å². The Morgan fingerprint density at radius 2 is 1.81 bits per heavy atom. The maximum absolute atomic E-state index is 11.9. The van der Waals surface area contributed by atoms with Gasteiger partial charge in [-0.05, 0) is 48.5 Å². The SMILES string of the molecule is CC(=O)NS(=O)(=O)c1ccc(N=Nc2ccc(O)c3ncccc23)cc1. The number of benzene rings is 2. The van der Waals surface area contributed by atoms with Crippen LogP contribution >= 0.6 is 0 Å². The van der Waals surface area contributed by atoms with Crippen molar-refractivity contribution >= 4 is 38.2 Å². The predicted octanol–water partition coefficient (Wildman–Crippen LogP) is 3.18. The Morgan fingerprint density at radius 1 is 1.08 bits per heavy atom. The number of rotatable bonds is 4. The second-order valence-corrected chi connectivity index (χ2v) is 7.04. The second-order valence-electron chi connectivity index (χ2n) is 5.36. The van der Waals surface area contributed by atoms with Gasteiger partial charge in [0.25, 0.3) is 10.0 Å². The van der Waals surface area contributed by atoms with Crippen molar-refractivity contribution in [3.8, 4) is 5.75 Å². The lowest BCUT2D eigenvalue weighted by Crippen LogP contribution is -2.28. The van der Waals surface area contributed by atoms with Crippen molar-refractivity contribution in [3.05, 3.63) is 54.7 Å². The maximum Gasteiger partial charge on any atom is 0.264 e. The molecule has 132 valence electrons. The zero-order valence-corrected chi connectivity index (χ0v) is 14.4. The van der Waals surface area contributed by atoms with Gasteiger partial charge in [0.05, 0.1) is 16.3 Å². The number of azo groups is 1. The lowest BCUT2D eigenvalue weighted by molar-refractivity contribution is -0.117. The summed E-state index contributed by atoms with van der Waals surface area (Å²) < 4.78 is 25.7. The van der Waals surface area contributed by atoms with E-state index in [0.717, 1.165) is 6.92 Å². The minimum absolute atomic E-state index is 0.0482. The summed E-state index contributed by atoms with van der Waals surface area (Å²) in [5.74, 6) is -0.617. The highest BCUT2D eigenvalue weighted by Gasteiger charge is 2.14. The number of carbonyl (C=O) groups is 1. The molecule has 0 fully saturated rings. The molecule has 0 atom stereocenters. The number of hydrogen-bond acceptors (Lipinski definition) is 7. The predicted molar refractivity (Wildman–Crippen MR) is 95.0 cm³/mol. The van der Waals surface area contributed by atoms with Crippen molar-refractivity contribution in [3.63, 3.8) is 0 Å². The number of phenols is 1. The highest BCUT2D eigenvalue weighted by atomic mass is 32.2. The van der Waals surface area contributed by atoms with Crippen molar-refractivity contribution in [2.75, 3.05) is 0 Å². The maximum atomic E-state index is 11.9. The normalized spacial score (nSPS) is 11.7. The van der Waals surface area contributed by atoms with Gasteiger partial charge in [0.2, 0.25) is 5.91 Å². The molecule has 1 amide bonds. The molecule has 8 nitrogen and oxygen atoms in total. The number of aromatic hydroxyl groups is 1. The highest BCUT2D eigenvalue weighted by Crippen LogP contribution is 2.32. The molecule has 0 unspecified atom stereocenters. The van der Waals surface area contributed by atoms with E-state index in [1.54, 1.807) is 24.4 Å². The zero-order valence-electron chi connectivity index (χ0n) is 13.6. The number of hydrogen-bond donors (Lipinski definition) is 2. The summed E-state index contributed by atoms with van der Waals surface area (Å²) in [5, 5.41) is 18.7. The van der Waals surface area contributed by atoms with Gasteiger partial charge in [-0.1, -0.05) is 0 Å². The van der Waals surface area contributed by atoms with Crippen LogP contribution in [0.1, 0.15) is 6.92 Å². The smallest absolute Gasteiger partial charge is 0.264 e. The Bertz CT molecular complexity index is 1110. The van der Waals surface area contributed by atoms with E-state index in [2.05, 4.69) is 15.2 Å². The Balaban J connectivity index is 1.89. The van der Waals surface area contributed by atoms with Crippen LogP contribution in [-0.4, -0.2) is 24.4 Å². The van der Waals surface area contributed by atoms with Gasteiger partial charge < -0.3 is 5.11 Å². The molecule has 0 spiro atoms. The summed E-state index contributed by atoms with van der Waals surface area (Å²) in [4.78, 5) is 15.0. The van der Waals surface area contributed by atoms with E-state index in [9.17, 15) is 18.3 Å². The average molecular weight is 370 g/mol. The molecule has 0 saturated heterocycles. The Hall–Kier alpha value is -3.33. The Kier molecular flexibility index (Phi) is 4.63. The first-order valence-corrected chi connectivity index (χ1v) is 8.97. The molecule has 0 aliphatic heterocycles. The zero-order chi connectivity index (χ0) is 18.7. The molecule has 3 rings (SSSR count). The third kappa shape index (κ3) is 3.67. The lowest BCUT2D eigenvalue weighted by atomic mass is 10.2. The van der Waals surface area contributed by atoms with Crippen LogP contribution in [0, 0.1) is 0 Å². The summed E-state index contributed by atoms with van der Waals surface area (Å²) in [6, 6.07) is 12.2. The molecule has 2 aromatic carbocycles. The van der Waals surface area contributed by atoms with Gasteiger partial charge in [-0.25, -0.2) is 13.1 Å². The fourth-order valence-electron chi connectivity index (χ4n) is 2.28. The fraction of sp³-hybridized carbons (Fsp3) is 0.0588. The van der Waals surface area contributed by atoms with Gasteiger partial charge in [0.1, 0.15) is 11.3 Å². The molecule has 9 heteroatoms. The van der Waals surface area contributed by atoms with Crippen LogP contribution in [0.4, 0.5) is 11.4 Å². The molecule has 2 N–H and O–H groups in total. The van der Waals surface area contributed by atoms with Crippen molar-refractivity contribution in [1.29, 1.82) is 0 Å². The Labute approximate surface area is 149 Å².